The number of alkyl halides is 3. The van der Waals surface area contributed by atoms with E-state index in [1.165, 1.54) is 42.7 Å². The predicted octanol–water partition coefficient (Wildman–Crippen LogP) is 3.34. The fourth-order valence-corrected chi connectivity index (χ4v) is 3.32. The van der Waals surface area contributed by atoms with Gasteiger partial charge in [-0.1, -0.05) is 24.3 Å². The van der Waals surface area contributed by atoms with Gasteiger partial charge in [0, 0.05) is 18.5 Å². The zero-order valence-corrected chi connectivity index (χ0v) is 18.0. The monoisotopic (exact) mass is 464 g/mol. The second kappa shape index (κ2) is 11.2. The Morgan fingerprint density at radius 1 is 1.06 bits per heavy atom. The molecule has 0 heterocycles. The highest BCUT2D eigenvalue weighted by Crippen LogP contribution is 2.39. The summed E-state index contributed by atoms with van der Waals surface area (Å²) in [5.41, 5.74) is 2.39. The van der Waals surface area contributed by atoms with E-state index in [0.717, 1.165) is 5.56 Å². The lowest BCUT2D eigenvalue weighted by Crippen LogP contribution is -2.48. The van der Waals surface area contributed by atoms with E-state index < -0.39 is 37.1 Å². The first-order chi connectivity index (χ1) is 15.7. The van der Waals surface area contributed by atoms with E-state index in [2.05, 4.69) is 10.6 Å². The molecule has 178 valence electrons. The fourth-order valence-electron chi connectivity index (χ4n) is 3.32. The van der Waals surface area contributed by atoms with Crippen molar-refractivity contribution >= 4 is 11.8 Å². The van der Waals surface area contributed by atoms with E-state index >= 15 is 0 Å². The number of benzene rings is 2. The fraction of sp³-hybridized carbons (Fsp3) is 0.417. The summed E-state index contributed by atoms with van der Waals surface area (Å²) in [7, 11) is 0. The number of hydrogen-bond donors (Lipinski definition) is 3. The number of carbonyl (C=O) groups excluding carboxylic acids is 2. The Hall–Kier alpha value is -3.07. The van der Waals surface area contributed by atoms with Crippen molar-refractivity contribution in [3.63, 3.8) is 0 Å². The van der Waals surface area contributed by atoms with Gasteiger partial charge in [-0.2, -0.15) is 13.2 Å². The molecule has 0 bridgehead atoms. The Morgan fingerprint density at radius 3 is 2.30 bits per heavy atom. The third-order valence-electron chi connectivity index (χ3n) is 5.27. The summed E-state index contributed by atoms with van der Waals surface area (Å²) in [4.78, 5) is 25.3. The van der Waals surface area contributed by atoms with Gasteiger partial charge in [-0.25, -0.2) is 0 Å². The maximum atomic E-state index is 12.7. The topological polar surface area (TPSA) is 87.7 Å². The highest BCUT2D eigenvalue weighted by molar-refractivity contribution is 5.97. The average molecular weight is 464 g/mol. The molecule has 1 aliphatic rings. The van der Waals surface area contributed by atoms with Gasteiger partial charge in [0.15, 0.2) is 0 Å². The number of amides is 2. The van der Waals surface area contributed by atoms with Crippen LogP contribution < -0.4 is 15.4 Å². The standard InChI is InChI=1S/C24H27F3N2O4/c25-24(26,27)11-14-33-20-9-7-19(8-10-20)22(31)29-21(23(32)28-12-13-30)15-16-1-3-17(4-2-16)18-5-6-18/h1-4,7-10,18,21,30H,5-6,11-15H2,(H,28,32)(H,29,31). The first-order valence-corrected chi connectivity index (χ1v) is 10.8. The molecule has 3 rings (SSSR count). The van der Waals surface area contributed by atoms with Crippen LogP contribution in [0.4, 0.5) is 13.2 Å². The molecule has 0 aliphatic heterocycles. The Kier molecular flexibility index (Phi) is 8.32. The molecule has 2 amide bonds. The molecule has 0 saturated heterocycles. The molecule has 2 aromatic rings. The van der Waals surface area contributed by atoms with Crippen LogP contribution in [0, 0.1) is 0 Å². The van der Waals surface area contributed by atoms with Gasteiger partial charge in [-0.3, -0.25) is 9.59 Å². The second-order valence-electron chi connectivity index (χ2n) is 8.00. The first kappa shape index (κ1) is 24.6. The van der Waals surface area contributed by atoms with E-state index in [9.17, 15) is 22.8 Å². The summed E-state index contributed by atoms with van der Waals surface area (Å²) in [6.45, 7) is -0.671. The Bertz CT molecular complexity index is 926. The van der Waals surface area contributed by atoms with Crippen LogP contribution in [0.5, 0.6) is 5.75 Å². The molecular weight excluding hydrogens is 437 g/mol. The van der Waals surface area contributed by atoms with Crippen molar-refractivity contribution in [2.75, 3.05) is 19.8 Å². The van der Waals surface area contributed by atoms with Gasteiger partial charge >= 0.3 is 6.18 Å². The van der Waals surface area contributed by atoms with Crippen LogP contribution in [0.25, 0.3) is 0 Å². The highest BCUT2D eigenvalue weighted by Gasteiger charge is 2.27. The highest BCUT2D eigenvalue weighted by atomic mass is 19.4. The number of rotatable bonds is 11. The summed E-state index contributed by atoms with van der Waals surface area (Å²) in [5, 5.41) is 14.3. The van der Waals surface area contributed by atoms with Crippen molar-refractivity contribution in [3.05, 3.63) is 65.2 Å². The number of ether oxygens (including phenoxy) is 1. The van der Waals surface area contributed by atoms with Crippen molar-refractivity contribution in [2.24, 2.45) is 0 Å². The van der Waals surface area contributed by atoms with Crippen molar-refractivity contribution < 1.29 is 32.6 Å². The zero-order chi connectivity index (χ0) is 23.8. The Balaban J connectivity index is 1.61. The van der Waals surface area contributed by atoms with Crippen molar-refractivity contribution in [3.8, 4) is 5.75 Å². The summed E-state index contributed by atoms with van der Waals surface area (Å²) in [6.07, 6.45) is -2.72. The molecule has 2 aromatic carbocycles. The minimum absolute atomic E-state index is 0.0653. The average Bonchev–Trinajstić information content (AvgIpc) is 3.62. The maximum Gasteiger partial charge on any atom is 0.392 e. The Morgan fingerprint density at radius 2 is 1.73 bits per heavy atom. The normalized spacial score (nSPS) is 14.4. The predicted molar refractivity (Wildman–Crippen MR) is 116 cm³/mol. The smallest absolute Gasteiger partial charge is 0.392 e. The lowest BCUT2D eigenvalue weighted by Gasteiger charge is -2.19. The molecule has 1 unspecified atom stereocenters. The van der Waals surface area contributed by atoms with Crippen LogP contribution in [0.3, 0.4) is 0 Å². The zero-order valence-electron chi connectivity index (χ0n) is 18.0. The third-order valence-corrected chi connectivity index (χ3v) is 5.27. The molecule has 0 spiro atoms. The van der Waals surface area contributed by atoms with Crippen LogP contribution in [-0.4, -0.2) is 48.9 Å². The molecule has 3 N–H and O–H groups in total. The third kappa shape index (κ3) is 8.09. The molecule has 1 fully saturated rings. The molecule has 1 saturated carbocycles. The van der Waals surface area contributed by atoms with Gasteiger partial charge in [0.2, 0.25) is 5.91 Å². The summed E-state index contributed by atoms with van der Waals surface area (Å²) < 4.78 is 41.7. The van der Waals surface area contributed by atoms with Gasteiger partial charge < -0.3 is 20.5 Å². The number of aliphatic hydroxyl groups is 1. The van der Waals surface area contributed by atoms with Crippen LogP contribution >= 0.6 is 0 Å². The van der Waals surface area contributed by atoms with Gasteiger partial charge in [0.05, 0.1) is 19.6 Å². The largest absolute Gasteiger partial charge is 0.493 e. The van der Waals surface area contributed by atoms with Crippen molar-refractivity contribution in [2.45, 2.75) is 43.8 Å². The number of hydrogen-bond acceptors (Lipinski definition) is 4. The molecule has 0 aromatic heterocycles. The lowest BCUT2D eigenvalue weighted by atomic mass is 10.0. The number of carbonyl (C=O) groups is 2. The molecule has 9 heteroatoms. The van der Waals surface area contributed by atoms with Crippen LogP contribution in [0.15, 0.2) is 48.5 Å². The van der Waals surface area contributed by atoms with Crippen LogP contribution in [0.1, 0.15) is 46.7 Å². The van der Waals surface area contributed by atoms with Crippen LogP contribution in [-0.2, 0) is 11.2 Å². The van der Waals surface area contributed by atoms with E-state index in [0.29, 0.717) is 5.92 Å². The molecule has 33 heavy (non-hydrogen) atoms. The summed E-state index contributed by atoms with van der Waals surface area (Å²) in [6, 6.07) is 12.8. The molecule has 0 radical (unpaired) electrons. The summed E-state index contributed by atoms with van der Waals surface area (Å²) in [5.74, 6) is -0.0991. The molecular formula is C24H27F3N2O4. The quantitative estimate of drug-likeness (QED) is 0.476. The first-order valence-electron chi connectivity index (χ1n) is 10.8. The molecule has 6 nitrogen and oxygen atoms in total. The van der Waals surface area contributed by atoms with Crippen molar-refractivity contribution in [1.82, 2.24) is 10.6 Å². The van der Waals surface area contributed by atoms with Crippen molar-refractivity contribution in [1.29, 1.82) is 0 Å². The lowest BCUT2D eigenvalue weighted by molar-refractivity contribution is -0.139. The van der Waals surface area contributed by atoms with Gasteiger partial charge in [-0.05, 0) is 54.2 Å². The number of nitrogens with one attached hydrogen (secondary N) is 2. The Labute approximate surface area is 190 Å². The minimum atomic E-state index is -4.30. The van der Waals surface area contributed by atoms with E-state index in [4.69, 9.17) is 9.84 Å². The van der Waals surface area contributed by atoms with Gasteiger partial charge in [-0.15, -0.1) is 0 Å². The minimum Gasteiger partial charge on any atom is -0.493 e. The van der Waals surface area contributed by atoms with Crippen LogP contribution in [0.2, 0.25) is 0 Å². The molecule has 1 atom stereocenters. The van der Waals surface area contributed by atoms with Gasteiger partial charge in [0.25, 0.3) is 5.91 Å². The second-order valence-corrected chi connectivity index (χ2v) is 8.00. The summed E-state index contributed by atoms with van der Waals surface area (Å²) >= 11 is 0. The van der Waals surface area contributed by atoms with E-state index in [1.807, 2.05) is 24.3 Å². The molecule has 1 aliphatic carbocycles. The van der Waals surface area contributed by atoms with E-state index in [-0.39, 0.29) is 30.9 Å². The SMILES string of the molecule is O=C(NC(Cc1ccc(C2CC2)cc1)C(=O)NCCO)c1ccc(OCCC(F)(F)F)cc1. The number of halogens is 3. The maximum absolute atomic E-state index is 12.7. The number of aliphatic hydroxyl groups excluding tert-OH is 1. The van der Waals surface area contributed by atoms with Gasteiger partial charge in [0.1, 0.15) is 11.8 Å². The van der Waals surface area contributed by atoms with E-state index in [1.54, 1.807) is 0 Å².